The van der Waals surface area contributed by atoms with Crippen LogP contribution in [-0.2, 0) is 0 Å². The van der Waals surface area contributed by atoms with E-state index in [9.17, 15) is 4.79 Å². The number of nitriles is 2. The van der Waals surface area contributed by atoms with Gasteiger partial charge in [0.25, 0.3) is 5.91 Å². The summed E-state index contributed by atoms with van der Waals surface area (Å²) >= 11 is 0. The van der Waals surface area contributed by atoms with Gasteiger partial charge in [-0.1, -0.05) is 0 Å². The molecule has 6 heteroatoms. The number of carbonyl (C=O) groups is 1. The molecule has 1 heterocycles. The van der Waals surface area contributed by atoms with Gasteiger partial charge in [-0.2, -0.15) is 10.5 Å². The van der Waals surface area contributed by atoms with Gasteiger partial charge in [0, 0.05) is 19.3 Å². The van der Waals surface area contributed by atoms with E-state index in [4.69, 9.17) is 16.3 Å². The molecule has 0 radical (unpaired) electrons. The maximum Gasteiger partial charge on any atom is 0.274 e. The normalized spacial score (nSPS) is 9.22. The predicted octanol–water partition coefficient (Wildman–Crippen LogP) is 0.933. The van der Waals surface area contributed by atoms with Crippen LogP contribution in [0.4, 0.5) is 5.69 Å². The van der Waals surface area contributed by atoms with Crippen LogP contribution in [0.5, 0.6) is 0 Å². The summed E-state index contributed by atoms with van der Waals surface area (Å²) in [5.74, 6) is -0.349. The molecule has 92 valence electrons. The van der Waals surface area contributed by atoms with Crippen molar-refractivity contribution in [3.05, 3.63) is 24.0 Å². The van der Waals surface area contributed by atoms with Crippen molar-refractivity contribution in [2.75, 3.05) is 18.8 Å². The lowest BCUT2D eigenvalue weighted by Crippen LogP contribution is -2.33. The average Bonchev–Trinajstić information content (AvgIpc) is 2.39. The van der Waals surface area contributed by atoms with Gasteiger partial charge in [-0.15, -0.1) is 0 Å². The molecule has 0 saturated heterocycles. The van der Waals surface area contributed by atoms with E-state index in [2.05, 4.69) is 4.98 Å². The van der Waals surface area contributed by atoms with Crippen LogP contribution in [0.3, 0.4) is 0 Å². The Balaban J connectivity index is 2.85. The monoisotopic (exact) mass is 243 g/mol. The first-order chi connectivity index (χ1) is 8.70. The summed E-state index contributed by atoms with van der Waals surface area (Å²) in [4.78, 5) is 17.5. The summed E-state index contributed by atoms with van der Waals surface area (Å²) in [5.41, 5.74) is 6.13. The smallest absolute Gasteiger partial charge is 0.274 e. The molecule has 0 unspecified atom stereocenters. The highest BCUT2D eigenvalue weighted by molar-refractivity contribution is 5.97. The van der Waals surface area contributed by atoms with Crippen molar-refractivity contribution in [3.8, 4) is 12.1 Å². The molecule has 0 aliphatic heterocycles. The van der Waals surface area contributed by atoms with E-state index in [0.29, 0.717) is 5.69 Å². The first kappa shape index (κ1) is 13.5. The van der Waals surface area contributed by atoms with Gasteiger partial charge in [-0.05, 0) is 12.1 Å². The molecule has 1 amide bonds. The van der Waals surface area contributed by atoms with Crippen LogP contribution >= 0.6 is 0 Å². The van der Waals surface area contributed by atoms with Gasteiger partial charge in [0.1, 0.15) is 0 Å². The summed E-state index contributed by atoms with van der Waals surface area (Å²) in [6.45, 7) is 0.542. The zero-order valence-electron chi connectivity index (χ0n) is 9.83. The second kappa shape index (κ2) is 6.87. The predicted molar refractivity (Wildman–Crippen MR) is 65.0 cm³/mol. The Morgan fingerprint density at radius 2 is 1.94 bits per heavy atom. The fourth-order valence-corrected chi connectivity index (χ4v) is 1.43. The molecule has 2 N–H and O–H groups in total. The topological polar surface area (TPSA) is 107 Å². The molecular weight excluding hydrogens is 230 g/mol. The van der Waals surface area contributed by atoms with Crippen molar-refractivity contribution in [1.82, 2.24) is 9.88 Å². The number of aromatic nitrogens is 1. The molecular formula is C12H13N5O. The Kier molecular flexibility index (Phi) is 5.14. The minimum absolute atomic E-state index is 0.161. The van der Waals surface area contributed by atoms with E-state index in [0.717, 1.165) is 0 Å². The number of nitrogens with two attached hydrogens (primary N) is 1. The third kappa shape index (κ3) is 3.46. The number of amides is 1. The van der Waals surface area contributed by atoms with Gasteiger partial charge in [0.15, 0.2) is 5.69 Å². The summed E-state index contributed by atoms with van der Waals surface area (Å²) in [6.07, 6.45) is 1.91. The number of rotatable bonds is 5. The minimum atomic E-state index is -0.349. The van der Waals surface area contributed by atoms with Crippen LogP contribution in [0.2, 0.25) is 0 Å². The maximum atomic E-state index is 12.1. The van der Waals surface area contributed by atoms with Gasteiger partial charge < -0.3 is 10.6 Å². The second-order valence-corrected chi connectivity index (χ2v) is 3.55. The maximum absolute atomic E-state index is 12.1. The van der Waals surface area contributed by atoms with Gasteiger partial charge in [0.2, 0.25) is 0 Å². The van der Waals surface area contributed by atoms with Crippen LogP contribution in [0.1, 0.15) is 23.3 Å². The summed E-state index contributed by atoms with van der Waals surface area (Å²) in [7, 11) is 0. The summed E-state index contributed by atoms with van der Waals surface area (Å²) < 4.78 is 0. The average molecular weight is 243 g/mol. The number of nitrogen functional groups attached to an aromatic ring is 1. The zero-order valence-corrected chi connectivity index (χ0v) is 9.83. The Morgan fingerprint density at radius 1 is 1.33 bits per heavy atom. The molecule has 1 rings (SSSR count). The lowest BCUT2D eigenvalue weighted by Gasteiger charge is -2.20. The third-order valence-electron chi connectivity index (χ3n) is 2.32. The van der Waals surface area contributed by atoms with Gasteiger partial charge in [-0.25, -0.2) is 4.98 Å². The molecule has 0 aliphatic carbocycles. The van der Waals surface area contributed by atoms with Gasteiger partial charge in [0.05, 0.1) is 30.7 Å². The molecule has 1 aromatic rings. The first-order valence-corrected chi connectivity index (χ1v) is 5.44. The van der Waals surface area contributed by atoms with Crippen LogP contribution in [0.15, 0.2) is 18.3 Å². The van der Waals surface area contributed by atoms with Crippen LogP contribution < -0.4 is 5.73 Å². The van der Waals surface area contributed by atoms with Gasteiger partial charge in [-0.3, -0.25) is 4.79 Å². The van der Waals surface area contributed by atoms with Crippen molar-refractivity contribution in [2.45, 2.75) is 12.8 Å². The SMILES string of the molecule is N#CCCN(CCC#N)C(=O)c1ncccc1N. The van der Waals surface area contributed by atoms with Crippen molar-refractivity contribution in [3.63, 3.8) is 0 Å². The molecule has 0 fully saturated rings. The number of hydrogen-bond donors (Lipinski definition) is 1. The van der Waals surface area contributed by atoms with Crippen molar-refractivity contribution < 1.29 is 4.79 Å². The number of hydrogen-bond acceptors (Lipinski definition) is 5. The number of nitrogens with zero attached hydrogens (tertiary/aromatic N) is 4. The van der Waals surface area contributed by atoms with Crippen LogP contribution in [-0.4, -0.2) is 28.9 Å². The molecule has 6 nitrogen and oxygen atoms in total. The Bertz CT molecular complexity index is 482. The van der Waals surface area contributed by atoms with E-state index in [1.54, 1.807) is 12.1 Å². The minimum Gasteiger partial charge on any atom is -0.397 e. The number of carbonyl (C=O) groups excluding carboxylic acids is 1. The highest BCUT2D eigenvalue weighted by Crippen LogP contribution is 2.11. The van der Waals surface area contributed by atoms with Crippen molar-refractivity contribution >= 4 is 11.6 Å². The second-order valence-electron chi connectivity index (χ2n) is 3.55. The van der Waals surface area contributed by atoms with E-state index in [1.807, 2.05) is 12.1 Å². The zero-order chi connectivity index (χ0) is 13.4. The molecule has 0 saturated carbocycles. The number of anilines is 1. The molecule has 1 aromatic heterocycles. The molecule has 0 bridgehead atoms. The highest BCUT2D eigenvalue weighted by atomic mass is 16.2. The van der Waals surface area contributed by atoms with Crippen LogP contribution in [0, 0.1) is 22.7 Å². The highest BCUT2D eigenvalue weighted by Gasteiger charge is 2.18. The van der Waals surface area contributed by atoms with Crippen molar-refractivity contribution in [2.24, 2.45) is 0 Å². The van der Waals surface area contributed by atoms with E-state index in [-0.39, 0.29) is 37.5 Å². The van der Waals surface area contributed by atoms with E-state index in [1.165, 1.54) is 11.1 Å². The fourth-order valence-electron chi connectivity index (χ4n) is 1.43. The molecule has 0 aliphatic rings. The molecule has 0 atom stereocenters. The summed E-state index contributed by atoms with van der Waals surface area (Å²) in [6, 6.07) is 7.16. The first-order valence-electron chi connectivity index (χ1n) is 5.44. The third-order valence-corrected chi connectivity index (χ3v) is 2.32. The lowest BCUT2D eigenvalue weighted by molar-refractivity contribution is 0.0758. The van der Waals surface area contributed by atoms with E-state index < -0.39 is 0 Å². The molecule has 0 spiro atoms. The fraction of sp³-hybridized carbons (Fsp3) is 0.333. The summed E-state index contributed by atoms with van der Waals surface area (Å²) in [5, 5.41) is 17.1. The van der Waals surface area contributed by atoms with Crippen LogP contribution in [0.25, 0.3) is 0 Å². The van der Waals surface area contributed by atoms with Gasteiger partial charge >= 0.3 is 0 Å². The number of pyridine rings is 1. The lowest BCUT2D eigenvalue weighted by atomic mass is 10.2. The Hall–Kier alpha value is -2.60. The Morgan fingerprint density at radius 3 is 2.44 bits per heavy atom. The molecule has 0 aromatic carbocycles. The quantitative estimate of drug-likeness (QED) is 0.827. The largest absolute Gasteiger partial charge is 0.397 e. The molecule has 18 heavy (non-hydrogen) atoms. The van der Waals surface area contributed by atoms with E-state index >= 15 is 0 Å². The standard InChI is InChI=1S/C12H13N5O/c13-5-2-8-17(9-3-6-14)12(18)11-10(15)4-1-7-16-11/h1,4,7H,2-3,8-9,15H2. The Labute approximate surface area is 105 Å². The van der Waals surface area contributed by atoms with Crippen molar-refractivity contribution in [1.29, 1.82) is 10.5 Å².